The summed E-state index contributed by atoms with van der Waals surface area (Å²) in [5, 5.41) is 3.15. The summed E-state index contributed by atoms with van der Waals surface area (Å²) >= 11 is 0. The lowest BCUT2D eigenvalue weighted by Crippen LogP contribution is -2.06. The van der Waals surface area contributed by atoms with Crippen molar-refractivity contribution in [2.45, 2.75) is 20.4 Å². The molecule has 0 aliphatic rings. The third-order valence-corrected chi connectivity index (χ3v) is 2.08. The van der Waals surface area contributed by atoms with Crippen LogP contribution in [-0.2, 0) is 6.54 Å². The van der Waals surface area contributed by atoms with E-state index in [-0.39, 0.29) is 0 Å². The van der Waals surface area contributed by atoms with Crippen molar-refractivity contribution < 1.29 is 0 Å². The summed E-state index contributed by atoms with van der Waals surface area (Å²) in [6.07, 6.45) is 0. The molecular formula is C10H15N. The minimum Gasteiger partial charge on any atom is -0.316 e. The highest BCUT2D eigenvalue weighted by Crippen LogP contribution is 2.11. The molecule has 0 aromatic heterocycles. The molecule has 0 unspecified atom stereocenters. The molecule has 0 aliphatic heterocycles. The first-order valence-corrected chi connectivity index (χ1v) is 3.95. The lowest BCUT2D eigenvalue weighted by molar-refractivity contribution is 0.810. The summed E-state index contributed by atoms with van der Waals surface area (Å²) in [4.78, 5) is 0. The lowest BCUT2D eigenvalue weighted by Gasteiger charge is -2.06. The van der Waals surface area contributed by atoms with Gasteiger partial charge < -0.3 is 5.32 Å². The summed E-state index contributed by atoms with van der Waals surface area (Å²) in [7, 11) is 1.97. The molecule has 0 saturated carbocycles. The van der Waals surface area contributed by atoms with Crippen molar-refractivity contribution in [2.24, 2.45) is 0 Å². The Morgan fingerprint density at radius 3 is 2.64 bits per heavy atom. The van der Waals surface area contributed by atoms with Crippen LogP contribution in [0.5, 0.6) is 0 Å². The Bertz CT molecular complexity index is 241. The Morgan fingerprint density at radius 2 is 2.00 bits per heavy atom. The maximum Gasteiger partial charge on any atom is 0.0205 e. The van der Waals surface area contributed by atoms with E-state index in [2.05, 4.69) is 37.4 Å². The first kappa shape index (κ1) is 8.28. The van der Waals surface area contributed by atoms with Gasteiger partial charge in [0.15, 0.2) is 0 Å². The molecule has 0 spiro atoms. The van der Waals surface area contributed by atoms with E-state index in [1.54, 1.807) is 0 Å². The quantitative estimate of drug-likeness (QED) is 0.678. The van der Waals surface area contributed by atoms with Crippen molar-refractivity contribution in [1.29, 1.82) is 0 Å². The Labute approximate surface area is 68.4 Å². The van der Waals surface area contributed by atoms with Gasteiger partial charge in [-0.15, -0.1) is 0 Å². The molecule has 0 bridgehead atoms. The molecule has 1 aromatic carbocycles. The van der Waals surface area contributed by atoms with Gasteiger partial charge in [0.1, 0.15) is 0 Å². The number of rotatable bonds is 2. The van der Waals surface area contributed by atoms with Crippen molar-refractivity contribution in [3.05, 3.63) is 34.9 Å². The second-order valence-corrected chi connectivity index (χ2v) is 2.89. The second kappa shape index (κ2) is 3.54. The van der Waals surface area contributed by atoms with E-state index in [0.29, 0.717) is 0 Å². The fraction of sp³-hybridized carbons (Fsp3) is 0.400. The van der Waals surface area contributed by atoms with Crippen LogP contribution < -0.4 is 5.32 Å². The fourth-order valence-electron chi connectivity index (χ4n) is 1.19. The van der Waals surface area contributed by atoms with Crippen molar-refractivity contribution in [2.75, 3.05) is 7.05 Å². The van der Waals surface area contributed by atoms with Gasteiger partial charge in [-0.1, -0.05) is 18.2 Å². The molecular weight excluding hydrogens is 134 g/mol. The van der Waals surface area contributed by atoms with Gasteiger partial charge in [-0.3, -0.25) is 0 Å². The molecule has 0 radical (unpaired) electrons. The Kier molecular flexibility index (Phi) is 2.66. The maximum atomic E-state index is 3.15. The Hall–Kier alpha value is -0.820. The van der Waals surface area contributed by atoms with Crippen molar-refractivity contribution >= 4 is 0 Å². The summed E-state index contributed by atoms with van der Waals surface area (Å²) in [6, 6.07) is 6.42. The van der Waals surface area contributed by atoms with E-state index in [1.165, 1.54) is 16.7 Å². The van der Waals surface area contributed by atoms with Gasteiger partial charge in [-0.2, -0.15) is 0 Å². The number of hydrogen-bond acceptors (Lipinski definition) is 1. The molecule has 0 heterocycles. The molecule has 0 fully saturated rings. The van der Waals surface area contributed by atoms with E-state index in [4.69, 9.17) is 0 Å². The van der Waals surface area contributed by atoms with Crippen LogP contribution in [0, 0.1) is 13.8 Å². The first-order chi connectivity index (χ1) is 5.25. The van der Waals surface area contributed by atoms with Crippen LogP contribution in [-0.4, -0.2) is 7.05 Å². The molecule has 1 aromatic rings. The first-order valence-electron chi connectivity index (χ1n) is 3.95. The van der Waals surface area contributed by atoms with Gasteiger partial charge in [0.25, 0.3) is 0 Å². The molecule has 1 N–H and O–H groups in total. The SMILES string of the molecule is CNCc1cccc(C)c1C. The van der Waals surface area contributed by atoms with Gasteiger partial charge in [0.05, 0.1) is 0 Å². The van der Waals surface area contributed by atoms with Gasteiger partial charge in [-0.25, -0.2) is 0 Å². The molecule has 60 valence electrons. The topological polar surface area (TPSA) is 12.0 Å². The molecule has 11 heavy (non-hydrogen) atoms. The molecule has 0 atom stereocenters. The minimum atomic E-state index is 0.966. The third-order valence-electron chi connectivity index (χ3n) is 2.08. The lowest BCUT2D eigenvalue weighted by atomic mass is 10.0. The van der Waals surface area contributed by atoms with Crippen molar-refractivity contribution in [3.8, 4) is 0 Å². The molecule has 1 heteroatoms. The van der Waals surface area contributed by atoms with E-state index in [1.807, 2.05) is 7.05 Å². The zero-order chi connectivity index (χ0) is 8.27. The zero-order valence-corrected chi connectivity index (χ0v) is 7.44. The van der Waals surface area contributed by atoms with Gasteiger partial charge >= 0.3 is 0 Å². The normalized spacial score (nSPS) is 10.1. The average molecular weight is 149 g/mol. The maximum absolute atomic E-state index is 3.15. The van der Waals surface area contributed by atoms with Crippen LogP contribution in [0.3, 0.4) is 0 Å². The third kappa shape index (κ3) is 1.81. The fourth-order valence-corrected chi connectivity index (χ4v) is 1.19. The Balaban J connectivity index is 2.96. The van der Waals surface area contributed by atoms with E-state index < -0.39 is 0 Å². The summed E-state index contributed by atoms with van der Waals surface area (Å²) in [5.41, 5.74) is 4.17. The minimum absolute atomic E-state index is 0.966. The number of nitrogens with one attached hydrogen (secondary N) is 1. The zero-order valence-electron chi connectivity index (χ0n) is 7.44. The molecule has 1 nitrogen and oxygen atoms in total. The number of aryl methyl sites for hydroxylation is 1. The summed E-state index contributed by atoms with van der Waals surface area (Å²) in [5.74, 6) is 0. The predicted molar refractivity (Wildman–Crippen MR) is 48.7 cm³/mol. The van der Waals surface area contributed by atoms with Crippen LogP contribution in [0.4, 0.5) is 0 Å². The van der Waals surface area contributed by atoms with Gasteiger partial charge in [-0.05, 0) is 37.6 Å². The predicted octanol–water partition coefficient (Wildman–Crippen LogP) is 2.02. The summed E-state index contributed by atoms with van der Waals surface area (Å²) < 4.78 is 0. The highest BCUT2D eigenvalue weighted by atomic mass is 14.8. The van der Waals surface area contributed by atoms with Crippen LogP contribution in [0.25, 0.3) is 0 Å². The standard InChI is InChI=1S/C10H15N/c1-8-5-4-6-10(7-11-3)9(8)2/h4-6,11H,7H2,1-3H3. The molecule has 1 rings (SSSR count). The Morgan fingerprint density at radius 1 is 1.27 bits per heavy atom. The number of hydrogen-bond donors (Lipinski definition) is 1. The van der Waals surface area contributed by atoms with Crippen LogP contribution in [0.15, 0.2) is 18.2 Å². The largest absolute Gasteiger partial charge is 0.316 e. The van der Waals surface area contributed by atoms with E-state index in [9.17, 15) is 0 Å². The van der Waals surface area contributed by atoms with Crippen LogP contribution in [0.1, 0.15) is 16.7 Å². The smallest absolute Gasteiger partial charge is 0.0205 e. The average Bonchev–Trinajstić information content (AvgIpc) is 1.99. The molecule has 0 aliphatic carbocycles. The highest BCUT2D eigenvalue weighted by Gasteiger charge is 1.97. The van der Waals surface area contributed by atoms with Crippen LogP contribution >= 0.6 is 0 Å². The van der Waals surface area contributed by atoms with E-state index >= 15 is 0 Å². The van der Waals surface area contributed by atoms with Crippen molar-refractivity contribution in [1.82, 2.24) is 5.32 Å². The molecule has 0 saturated heterocycles. The molecule has 0 amide bonds. The van der Waals surface area contributed by atoms with Gasteiger partial charge in [0, 0.05) is 6.54 Å². The monoisotopic (exact) mass is 149 g/mol. The second-order valence-electron chi connectivity index (χ2n) is 2.89. The number of benzene rings is 1. The van der Waals surface area contributed by atoms with E-state index in [0.717, 1.165) is 6.54 Å². The van der Waals surface area contributed by atoms with Crippen molar-refractivity contribution in [3.63, 3.8) is 0 Å². The summed E-state index contributed by atoms with van der Waals surface area (Å²) in [6.45, 7) is 5.28. The van der Waals surface area contributed by atoms with Gasteiger partial charge in [0.2, 0.25) is 0 Å². The highest BCUT2D eigenvalue weighted by molar-refractivity contribution is 5.32. The van der Waals surface area contributed by atoms with Crippen LogP contribution in [0.2, 0.25) is 0 Å².